The van der Waals surface area contributed by atoms with Crippen LogP contribution in [0.1, 0.15) is 48.7 Å². The first-order valence-electron chi connectivity index (χ1n) is 11.2. The van der Waals surface area contributed by atoms with Gasteiger partial charge in [0.15, 0.2) is 0 Å². The first kappa shape index (κ1) is 22.2. The van der Waals surface area contributed by atoms with E-state index in [-0.39, 0.29) is 51.2 Å². The summed E-state index contributed by atoms with van der Waals surface area (Å²) in [4.78, 5) is 40.4. The molecule has 1 aromatic heterocycles. The molecule has 0 bridgehead atoms. The van der Waals surface area contributed by atoms with Gasteiger partial charge in [-0.15, -0.1) is 0 Å². The monoisotopic (exact) mass is 469 g/mol. The number of carbonyl (C=O) groups is 3. The molecule has 3 amide bonds. The second kappa shape index (κ2) is 7.44. The topological polar surface area (TPSA) is 111 Å². The molecule has 9 nitrogen and oxygen atoms in total. The third-order valence-corrected chi connectivity index (χ3v) is 7.58. The van der Waals surface area contributed by atoms with Crippen molar-refractivity contribution in [1.29, 1.82) is 0 Å². The first-order valence-corrected chi connectivity index (χ1v) is 11.2. The molecule has 3 aliphatic heterocycles. The Bertz CT molecular complexity index is 977. The van der Waals surface area contributed by atoms with Gasteiger partial charge in [0.05, 0.1) is 17.7 Å². The van der Waals surface area contributed by atoms with Gasteiger partial charge >= 0.3 is 6.18 Å². The summed E-state index contributed by atoms with van der Waals surface area (Å²) < 4.78 is 47.3. The van der Waals surface area contributed by atoms with Crippen LogP contribution in [0, 0.1) is 16.7 Å². The van der Waals surface area contributed by atoms with E-state index in [0.717, 1.165) is 24.2 Å². The minimum Gasteiger partial charge on any atom is -0.369 e. The third kappa shape index (κ3) is 3.49. The summed E-state index contributed by atoms with van der Waals surface area (Å²) in [6, 6.07) is 0. The second-order valence-corrected chi connectivity index (χ2v) is 9.77. The van der Waals surface area contributed by atoms with Crippen molar-refractivity contribution in [2.75, 3.05) is 32.8 Å². The van der Waals surface area contributed by atoms with Gasteiger partial charge in [0, 0.05) is 44.4 Å². The van der Waals surface area contributed by atoms with Crippen LogP contribution in [-0.2, 0) is 14.3 Å². The molecule has 3 saturated heterocycles. The van der Waals surface area contributed by atoms with Crippen molar-refractivity contribution in [2.45, 2.75) is 44.5 Å². The van der Waals surface area contributed by atoms with Crippen LogP contribution in [0.25, 0.3) is 0 Å². The molecule has 1 spiro atoms. The van der Waals surface area contributed by atoms with Gasteiger partial charge in [0.25, 0.3) is 5.91 Å². The number of nitrogens with two attached hydrogens (primary N) is 1. The lowest BCUT2D eigenvalue weighted by atomic mass is 9.70. The number of rotatable bonds is 4. The quantitative estimate of drug-likeness (QED) is 0.715. The molecule has 1 saturated carbocycles. The predicted molar refractivity (Wildman–Crippen MR) is 106 cm³/mol. The molecule has 0 aromatic carbocycles. The van der Waals surface area contributed by atoms with E-state index in [1.54, 1.807) is 10.9 Å². The average Bonchev–Trinajstić information content (AvgIpc) is 3.27. The summed E-state index contributed by atoms with van der Waals surface area (Å²) in [6.45, 7) is 0.805. The number of likely N-dealkylation sites (tertiary alicyclic amines) is 2. The van der Waals surface area contributed by atoms with Crippen LogP contribution in [0.3, 0.4) is 0 Å². The highest BCUT2D eigenvalue weighted by Crippen LogP contribution is 2.60. The van der Waals surface area contributed by atoms with Crippen LogP contribution in [0.2, 0.25) is 0 Å². The van der Waals surface area contributed by atoms with Gasteiger partial charge in [0.2, 0.25) is 11.8 Å². The lowest BCUT2D eigenvalue weighted by molar-refractivity contribution is -0.205. The van der Waals surface area contributed by atoms with Crippen LogP contribution in [-0.4, -0.2) is 76.3 Å². The van der Waals surface area contributed by atoms with Gasteiger partial charge in [0.1, 0.15) is 11.6 Å². The van der Waals surface area contributed by atoms with E-state index in [2.05, 4.69) is 5.10 Å². The van der Waals surface area contributed by atoms with Crippen molar-refractivity contribution >= 4 is 17.7 Å². The Labute approximate surface area is 188 Å². The summed E-state index contributed by atoms with van der Waals surface area (Å²) in [7, 11) is 0. The highest BCUT2D eigenvalue weighted by molar-refractivity contribution is 5.95. The average molecular weight is 469 g/mol. The smallest absolute Gasteiger partial charge is 0.369 e. The number of hydrogen-bond donors (Lipinski definition) is 1. The summed E-state index contributed by atoms with van der Waals surface area (Å²) in [5.41, 5.74) is 2.81. The van der Waals surface area contributed by atoms with Gasteiger partial charge in [-0.2, -0.15) is 18.3 Å². The number of ether oxygens (including phenoxy) is 1. The Morgan fingerprint density at radius 3 is 2.39 bits per heavy atom. The highest BCUT2D eigenvalue weighted by atomic mass is 19.4. The number of primary amides is 1. The molecule has 1 aliphatic carbocycles. The van der Waals surface area contributed by atoms with E-state index >= 15 is 0 Å². The van der Waals surface area contributed by atoms with Crippen molar-refractivity contribution in [3.05, 3.63) is 18.0 Å². The lowest BCUT2D eigenvalue weighted by Crippen LogP contribution is -2.65. The first-order chi connectivity index (χ1) is 15.6. The SMILES string of the molecule is NC(=O)C1CN(C(=O)c2cnn(C3CCCCO3)c2)CC12CN(C(=O)C1(C(F)(F)F)CC1)C2. The number of alkyl halides is 3. The summed E-state index contributed by atoms with van der Waals surface area (Å²) in [6.07, 6.45) is 0.615. The van der Waals surface area contributed by atoms with Crippen LogP contribution >= 0.6 is 0 Å². The molecule has 5 rings (SSSR count). The Balaban J connectivity index is 1.28. The van der Waals surface area contributed by atoms with Gasteiger partial charge in [-0.05, 0) is 32.1 Å². The number of aromatic nitrogens is 2. The highest BCUT2D eigenvalue weighted by Gasteiger charge is 2.71. The van der Waals surface area contributed by atoms with Gasteiger partial charge < -0.3 is 20.3 Å². The Hall–Kier alpha value is -2.63. The third-order valence-electron chi connectivity index (χ3n) is 7.58. The molecule has 4 fully saturated rings. The normalized spacial score (nSPS) is 28.0. The molecule has 2 N–H and O–H groups in total. The predicted octanol–water partition coefficient (Wildman–Crippen LogP) is 1.31. The summed E-state index contributed by atoms with van der Waals surface area (Å²) >= 11 is 0. The van der Waals surface area contributed by atoms with E-state index in [1.165, 1.54) is 11.1 Å². The van der Waals surface area contributed by atoms with Gasteiger partial charge in [-0.25, -0.2) is 4.68 Å². The molecular formula is C21H26F3N5O4. The molecule has 4 aliphatic rings. The maximum atomic E-state index is 13.3. The number of halogens is 3. The zero-order valence-corrected chi connectivity index (χ0v) is 18.0. The fourth-order valence-electron chi connectivity index (χ4n) is 5.46. The van der Waals surface area contributed by atoms with E-state index in [9.17, 15) is 27.6 Å². The largest absolute Gasteiger partial charge is 0.403 e. The molecule has 180 valence electrons. The molecule has 4 heterocycles. The minimum absolute atomic E-state index is 0.0176. The number of carbonyl (C=O) groups excluding carboxylic acids is 3. The van der Waals surface area contributed by atoms with Crippen molar-refractivity contribution in [1.82, 2.24) is 19.6 Å². The fourth-order valence-corrected chi connectivity index (χ4v) is 5.46. The molecule has 0 radical (unpaired) electrons. The van der Waals surface area contributed by atoms with Crippen LogP contribution in [0.5, 0.6) is 0 Å². The standard InChI is InChI=1S/C21H26F3N5O4/c22-21(23,24)20(4-5-20)18(32)28-11-19(12-28)10-27(9-14(19)16(25)30)17(31)13-7-26-29(8-13)15-3-1-2-6-33-15/h7-8,14-15H,1-6,9-12H2,(H2,25,30). The van der Waals surface area contributed by atoms with Crippen molar-refractivity contribution in [2.24, 2.45) is 22.5 Å². The van der Waals surface area contributed by atoms with Crippen molar-refractivity contribution in [3.8, 4) is 0 Å². The molecule has 1 aromatic rings. The van der Waals surface area contributed by atoms with Crippen LogP contribution < -0.4 is 5.73 Å². The minimum atomic E-state index is -4.59. The molecular weight excluding hydrogens is 443 g/mol. The van der Waals surface area contributed by atoms with Gasteiger partial charge in [-0.3, -0.25) is 14.4 Å². The Morgan fingerprint density at radius 1 is 1.12 bits per heavy atom. The molecule has 33 heavy (non-hydrogen) atoms. The Kier molecular flexibility index (Phi) is 5.00. The number of amides is 3. The zero-order valence-electron chi connectivity index (χ0n) is 18.0. The van der Waals surface area contributed by atoms with Crippen LogP contribution in [0.15, 0.2) is 12.4 Å². The fraction of sp³-hybridized carbons (Fsp3) is 0.714. The second-order valence-electron chi connectivity index (χ2n) is 9.77. The number of nitrogens with zero attached hydrogens (tertiary/aromatic N) is 4. The Morgan fingerprint density at radius 2 is 1.82 bits per heavy atom. The lowest BCUT2D eigenvalue weighted by Gasteiger charge is -2.51. The summed E-state index contributed by atoms with van der Waals surface area (Å²) in [5.74, 6) is -2.63. The molecule has 2 unspecified atom stereocenters. The maximum Gasteiger partial charge on any atom is 0.403 e. The maximum absolute atomic E-state index is 13.3. The van der Waals surface area contributed by atoms with Crippen LogP contribution in [0.4, 0.5) is 13.2 Å². The van der Waals surface area contributed by atoms with Gasteiger partial charge in [-0.1, -0.05) is 0 Å². The van der Waals surface area contributed by atoms with E-state index in [4.69, 9.17) is 10.5 Å². The van der Waals surface area contributed by atoms with E-state index < -0.39 is 34.7 Å². The molecule has 12 heteroatoms. The van der Waals surface area contributed by atoms with Crippen molar-refractivity contribution < 1.29 is 32.3 Å². The zero-order chi connectivity index (χ0) is 23.6. The van der Waals surface area contributed by atoms with Crippen molar-refractivity contribution in [3.63, 3.8) is 0 Å². The van der Waals surface area contributed by atoms with E-state index in [1.807, 2.05) is 0 Å². The molecule has 2 atom stereocenters. The number of hydrogen-bond acceptors (Lipinski definition) is 5. The summed E-state index contributed by atoms with van der Waals surface area (Å²) in [5, 5.41) is 4.24. The van der Waals surface area contributed by atoms with E-state index in [0.29, 0.717) is 12.2 Å².